The third kappa shape index (κ3) is 2.62. The van der Waals surface area contributed by atoms with Crippen molar-refractivity contribution in [3.8, 4) is 0 Å². The van der Waals surface area contributed by atoms with Gasteiger partial charge in [-0.3, -0.25) is 14.3 Å². The molecule has 2 heterocycles. The van der Waals surface area contributed by atoms with Crippen molar-refractivity contribution in [1.29, 1.82) is 0 Å². The summed E-state index contributed by atoms with van der Waals surface area (Å²) in [4.78, 5) is 30.5. The summed E-state index contributed by atoms with van der Waals surface area (Å²) < 4.78 is 3.37. The molecule has 0 aliphatic rings. The summed E-state index contributed by atoms with van der Waals surface area (Å²) in [7, 11) is 0. The lowest BCUT2D eigenvalue weighted by Crippen LogP contribution is -2.32. The van der Waals surface area contributed by atoms with E-state index in [4.69, 9.17) is 0 Å². The van der Waals surface area contributed by atoms with Gasteiger partial charge < -0.3 is 4.57 Å². The standard InChI is InChI=1S/C13H20N4O2/c1-4-5-6-16-8-14-11-10(16)12(18)15-13(19)17(11)7-9(2)3/h8-9H,4-7H2,1-3H3,(H,15,18,19). The van der Waals surface area contributed by atoms with E-state index in [2.05, 4.69) is 16.9 Å². The molecular formula is C13H20N4O2. The number of rotatable bonds is 5. The van der Waals surface area contributed by atoms with E-state index in [1.165, 1.54) is 0 Å². The van der Waals surface area contributed by atoms with Crippen LogP contribution in [-0.4, -0.2) is 19.1 Å². The third-order valence-electron chi connectivity index (χ3n) is 3.06. The highest BCUT2D eigenvalue weighted by Gasteiger charge is 2.13. The van der Waals surface area contributed by atoms with Crippen molar-refractivity contribution < 1.29 is 0 Å². The van der Waals surface area contributed by atoms with E-state index in [9.17, 15) is 9.59 Å². The van der Waals surface area contributed by atoms with Gasteiger partial charge in [-0.1, -0.05) is 27.2 Å². The number of H-pyrrole nitrogens is 1. The van der Waals surface area contributed by atoms with Gasteiger partial charge in [-0.2, -0.15) is 0 Å². The largest absolute Gasteiger partial charge is 0.330 e. The fourth-order valence-electron chi connectivity index (χ4n) is 2.15. The molecule has 0 aliphatic heterocycles. The number of hydrogen-bond donors (Lipinski definition) is 1. The van der Waals surface area contributed by atoms with E-state index in [1.807, 2.05) is 18.4 Å². The van der Waals surface area contributed by atoms with E-state index in [0.29, 0.717) is 23.6 Å². The van der Waals surface area contributed by atoms with E-state index in [0.717, 1.165) is 19.4 Å². The Morgan fingerprint density at radius 1 is 1.37 bits per heavy atom. The average molecular weight is 264 g/mol. The van der Waals surface area contributed by atoms with Crippen LogP contribution in [0.1, 0.15) is 33.6 Å². The Morgan fingerprint density at radius 3 is 2.74 bits per heavy atom. The number of hydrogen-bond acceptors (Lipinski definition) is 3. The topological polar surface area (TPSA) is 72.7 Å². The number of unbranched alkanes of at least 4 members (excludes halogenated alkanes) is 1. The molecule has 0 unspecified atom stereocenters. The Balaban J connectivity index is 2.61. The highest BCUT2D eigenvalue weighted by molar-refractivity contribution is 5.69. The number of fused-ring (bicyclic) bond motifs is 1. The highest BCUT2D eigenvalue weighted by atomic mass is 16.2. The van der Waals surface area contributed by atoms with Crippen LogP contribution in [-0.2, 0) is 13.1 Å². The molecule has 104 valence electrons. The van der Waals surface area contributed by atoms with Crippen LogP contribution in [0.3, 0.4) is 0 Å². The first-order valence-electron chi connectivity index (χ1n) is 6.72. The molecule has 1 N–H and O–H groups in total. The molecule has 0 saturated carbocycles. The molecule has 2 aromatic heterocycles. The first kappa shape index (κ1) is 13.6. The van der Waals surface area contributed by atoms with Crippen molar-refractivity contribution in [2.75, 3.05) is 0 Å². The number of aromatic amines is 1. The first-order valence-corrected chi connectivity index (χ1v) is 6.72. The van der Waals surface area contributed by atoms with Crippen LogP contribution in [0.25, 0.3) is 11.2 Å². The maximum atomic E-state index is 12.0. The number of imidazole rings is 1. The van der Waals surface area contributed by atoms with Gasteiger partial charge in [-0.15, -0.1) is 0 Å². The fourth-order valence-corrected chi connectivity index (χ4v) is 2.15. The molecule has 0 radical (unpaired) electrons. The molecule has 6 heteroatoms. The molecule has 0 bridgehead atoms. The Hall–Kier alpha value is -1.85. The zero-order valence-electron chi connectivity index (χ0n) is 11.6. The molecule has 0 spiro atoms. The van der Waals surface area contributed by atoms with Gasteiger partial charge in [0.25, 0.3) is 5.56 Å². The minimum atomic E-state index is -0.382. The molecule has 0 saturated heterocycles. The zero-order chi connectivity index (χ0) is 14.0. The van der Waals surface area contributed by atoms with Crippen molar-refractivity contribution >= 4 is 11.2 Å². The van der Waals surface area contributed by atoms with Gasteiger partial charge in [-0.05, 0) is 12.3 Å². The van der Waals surface area contributed by atoms with Crippen LogP contribution in [0.2, 0.25) is 0 Å². The molecule has 19 heavy (non-hydrogen) atoms. The van der Waals surface area contributed by atoms with Crippen LogP contribution < -0.4 is 11.2 Å². The number of nitrogens with zero attached hydrogens (tertiary/aromatic N) is 3. The molecule has 6 nitrogen and oxygen atoms in total. The molecule has 0 atom stereocenters. The fraction of sp³-hybridized carbons (Fsp3) is 0.615. The van der Waals surface area contributed by atoms with Crippen LogP contribution >= 0.6 is 0 Å². The first-order chi connectivity index (χ1) is 9.04. The maximum absolute atomic E-state index is 12.0. The SMILES string of the molecule is CCCCn1cnc2c1c(=O)[nH]c(=O)n2CC(C)C. The summed E-state index contributed by atoms with van der Waals surface area (Å²) in [6, 6.07) is 0. The normalized spacial score (nSPS) is 11.6. The molecule has 0 amide bonds. The lowest BCUT2D eigenvalue weighted by atomic mass is 10.2. The van der Waals surface area contributed by atoms with Gasteiger partial charge in [0.05, 0.1) is 6.33 Å². The molecule has 2 rings (SSSR count). The van der Waals surface area contributed by atoms with Gasteiger partial charge in [0, 0.05) is 13.1 Å². The summed E-state index contributed by atoms with van der Waals surface area (Å²) in [5.41, 5.74) is 0.243. The van der Waals surface area contributed by atoms with Gasteiger partial charge in [0.1, 0.15) is 0 Å². The third-order valence-corrected chi connectivity index (χ3v) is 3.06. The van der Waals surface area contributed by atoms with Crippen molar-refractivity contribution in [3.05, 3.63) is 27.2 Å². The summed E-state index contributed by atoms with van der Waals surface area (Å²) in [6.45, 7) is 7.44. The Morgan fingerprint density at radius 2 is 2.11 bits per heavy atom. The summed E-state index contributed by atoms with van der Waals surface area (Å²) in [6.07, 6.45) is 3.67. The van der Waals surface area contributed by atoms with Gasteiger partial charge in [0.15, 0.2) is 11.2 Å². The lowest BCUT2D eigenvalue weighted by Gasteiger charge is -2.09. The lowest BCUT2D eigenvalue weighted by molar-refractivity contribution is 0.513. The van der Waals surface area contributed by atoms with E-state index < -0.39 is 0 Å². The zero-order valence-corrected chi connectivity index (χ0v) is 11.6. The summed E-state index contributed by atoms with van der Waals surface area (Å²) in [5, 5.41) is 0. The monoisotopic (exact) mass is 264 g/mol. The maximum Gasteiger partial charge on any atom is 0.330 e. The smallest absolute Gasteiger partial charge is 0.325 e. The van der Waals surface area contributed by atoms with Crippen LogP contribution in [0.15, 0.2) is 15.9 Å². The minimum absolute atomic E-state index is 0.313. The molecule has 0 aliphatic carbocycles. The Bertz CT molecular complexity index is 678. The van der Waals surface area contributed by atoms with Crippen molar-refractivity contribution in [3.63, 3.8) is 0 Å². The quantitative estimate of drug-likeness (QED) is 0.885. The Labute approximate surface area is 111 Å². The highest BCUT2D eigenvalue weighted by Crippen LogP contribution is 2.09. The van der Waals surface area contributed by atoms with Gasteiger partial charge in [-0.25, -0.2) is 9.78 Å². The number of aryl methyl sites for hydroxylation is 1. The second kappa shape index (κ2) is 5.42. The summed E-state index contributed by atoms with van der Waals surface area (Å²) in [5.74, 6) is 0.313. The number of nitrogens with one attached hydrogen (secondary N) is 1. The molecule has 0 fully saturated rings. The van der Waals surface area contributed by atoms with Crippen LogP contribution in [0.4, 0.5) is 0 Å². The van der Waals surface area contributed by atoms with Gasteiger partial charge in [0.2, 0.25) is 0 Å². The van der Waals surface area contributed by atoms with Crippen molar-refractivity contribution in [1.82, 2.24) is 19.1 Å². The van der Waals surface area contributed by atoms with Crippen LogP contribution in [0.5, 0.6) is 0 Å². The predicted molar refractivity (Wildman–Crippen MR) is 74.4 cm³/mol. The predicted octanol–water partition coefficient (Wildman–Crippen LogP) is 1.34. The van der Waals surface area contributed by atoms with E-state index >= 15 is 0 Å². The van der Waals surface area contributed by atoms with Crippen molar-refractivity contribution in [2.24, 2.45) is 5.92 Å². The number of aromatic nitrogens is 4. The minimum Gasteiger partial charge on any atom is -0.325 e. The van der Waals surface area contributed by atoms with E-state index in [1.54, 1.807) is 10.9 Å². The molecular weight excluding hydrogens is 244 g/mol. The average Bonchev–Trinajstić information content (AvgIpc) is 2.75. The molecule has 0 aromatic carbocycles. The second-order valence-electron chi connectivity index (χ2n) is 5.23. The van der Waals surface area contributed by atoms with Crippen molar-refractivity contribution in [2.45, 2.75) is 46.7 Å². The second-order valence-corrected chi connectivity index (χ2v) is 5.23. The van der Waals surface area contributed by atoms with Gasteiger partial charge >= 0.3 is 5.69 Å². The molecule has 2 aromatic rings. The van der Waals surface area contributed by atoms with Crippen LogP contribution in [0, 0.1) is 5.92 Å². The van der Waals surface area contributed by atoms with E-state index in [-0.39, 0.29) is 11.2 Å². The Kier molecular flexibility index (Phi) is 3.87. The summed E-state index contributed by atoms with van der Waals surface area (Å²) >= 11 is 0.